The van der Waals surface area contributed by atoms with Crippen LogP contribution in [0.1, 0.15) is 530 Å². The molecule has 0 saturated carbocycles. The molecule has 0 aromatic rings. The van der Waals surface area contributed by atoms with E-state index >= 15 is 0 Å². The minimum atomic E-state index is -0.709. The van der Waals surface area contributed by atoms with E-state index in [1.165, 1.54) is 327 Å². The molecule has 0 aliphatic rings. The number of rotatable bonds is 99. The van der Waals surface area contributed by atoms with E-state index in [1.54, 1.807) is 0 Å². The Morgan fingerprint density at radius 2 is 0.431 bits per heavy atom. The Morgan fingerprint density at radius 1 is 0.236 bits per heavy atom. The zero-order chi connectivity index (χ0) is 90.3. The van der Waals surface area contributed by atoms with E-state index in [4.69, 9.17) is 5.11 Å². The van der Waals surface area contributed by atoms with Crippen molar-refractivity contribution < 1.29 is 45.0 Å². The van der Waals surface area contributed by atoms with E-state index in [-0.39, 0.29) is 25.6 Å². The molecule has 6 N–H and O–H groups in total. The third kappa shape index (κ3) is 99.0. The SMILES string of the molecule is CCCCC/C=C\C/C=C\CCCCCCCCN(CCO)CCCCCCC(CCCCCCCCC)C(=O)O.CCCCC/C=C\C/C=C\CCCCCCCCN(CCO)CCCCCCCC/C=C\C/C=C\CCCCC.CCCCCCCCCC(CCCCCCCCC)(CCCCCCN(CCO)CCCCCCCC(=O)O)C(=O)O. The zero-order valence-electron chi connectivity index (χ0n) is 83.0. The number of nitrogens with zero attached hydrogens (tertiary/aromatic N) is 3. The van der Waals surface area contributed by atoms with Gasteiger partial charge in [-0.2, -0.15) is 0 Å². The first kappa shape index (κ1) is 124. The van der Waals surface area contributed by atoms with Crippen LogP contribution in [0.2, 0.25) is 0 Å². The number of unbranched alkanes of at least 4 members (excludes halogenated alkanes) is 55. The van der Waals surface area contributed by atoms with Crippen LogP contribution in [-0.4, -0.2) is 142 Å². The Bertz CT molecular complexity index is 2200. The van der Waals surface area contributed by atoms with Gasteiger partial charge in [0.1, 0.15) is 0 Å². The molecule has 12 heteroatoms. The van der Waals surface area contributed by atoms with Gasteiger partial charge >= 0.3 is 17.9 Å². The van der Waals surface area contributed by atoms with Crippen LogP contribution < -0.4 is 0 Å². The monoisotopic (exact) mass is 1730 g/mol. The van der Waals surface area contributed by atoms with Crippen LogP contribution in [-0.2, 0) is 14.4 Å². The van der Waals surface area contributed by atoms with Crippen molar-refractivity contribution in [1.29, 1.82) is 0 Å². The first-order valence-corrected chi connectivity index (χ1v) is 54.0. The van der Waals surface area contributed by atoms with Gasteiger partial charge in [0, 0.05) is 26.1 Å². The van der Waals surface area contributed by atoms with Gasteiger partial charge in [-0.05, 0) is 213 Å². The molecule has 0 saturated heterocycles. The minimum absolute atomic E-state index is 0.152. The molecule has 123 heavy (non-hydrogen) atoms. The van der Waals surface area contributed by atoms with Crippen LogP contribution in [0.3, 0.4) is 0 Å². The van der Waals surface area contributed by atoms with Gasteiger partial charge in [-0.3, -0.25) is 14.4 Å². The van der Waals surface area contributed by atoms with Crippen LogP contribution >= 0.6 is 0 Å². The fraction of sp³-hybridized carbons (Fsp3) is 0.865. The van der Waals surface area contributed by atoms with E-state index in [1.807, 2.05) is 0 Å². The number of allylic oxidation sites excluding steroid dienone is 12. The van der Waals surface area contributed by atoms with Crippen LogP contribution in [0.5, 0.6) is 0 Å². The number of carbonyl (C=O) groups is 3. The zero-order valence-corrected chi connectivity index (χ0v) is 83.0. The van der Waals surface area contributed by atoms with Crippen LogP contribution in [0.25, 0.3) is 0 Å². The summed E-state index contributed by atoms with van der Waals surface area (Å²) >= 11 is 0. The minimum Gasteiger partial charge on any atom is -0.481 e. The van der Waals surface area contributed by atoms with Crippen molar-refractivity contribution in [3.05, 3.63) is 72.9 Å². The number of aliphatic carboxylic acids is 3. The summed E-state index contributed by atoms with van der Waals surface area (Å²) < 4.78 is 0. The smallest absolute Gasteiger partial charge is 0.309 e. The summed E-state index contributed by atoms with van der Waals surface area (Å²) in [6.07, 6.45) is 119. The normalized spacial score (nSPS) is 12.4. The van der Waals surface area contributed by atoms with Crippen molar-refractivity contribution in [2.24, 2.45) is 11.3 Å². The van der Waals surface area contributed by atoms with Crippen molar-refractivity contribution >= 4 is 17.9 Å². The molecule has 0 bridgehead atoms. The van der Waals surface area contributed by atoms with Crippen LogP contribution in [0.4, 0.5) is 0 Å². The highest BCUT2D eigenvalue weighted by Crippen LogP contribution is 2.38. The third-order valence-corrected chi connectivity index (χ3v) is 25.3. The lowest BCUT2D eigenvalue weighted by Gasteiger charge is -2.30. The average molecular weight is 1730 g/mol. The standard InChI is InChI=1S/C38H71NO.C37H71NO3.C36H71NO5/c1-3-5-7-9-11-13-15-17-19-21-23-25-27-29-31-33-35-39(37-38-40)36-34-32-30-28-26-24-22-20-18-16-14-12-10-8-6-4-2;1-3-5-7-9-11-12-13-14-15-16-17-18-19-21-24-28-32-38(34-35-39)33-29-25-23-27-31-36(37(40)41)30-26-22-20-10-8-6-4-2;1-3-5-7-9-11-15-21-27-36(35(41)42,28-22-16-12-10-8-6-4-2)29-23-17-19-25-31-37(32-33-38)30-24-18-13-14-20-26-34(39)40/h11-14,17-20,40H,3-10,15-16,21-38H2,1-2H3;11-12,14-15,36,39H,3-10,13,16-35H2,1-2H3,(H,40,41);38H,3-33H2,1-2H3,(H,39,40)(H,41,42)/b13-11-,14-12-,19-17-,20-18-;12-11-,15-14-;. The fourth-order valence-corrected chi connectivity index (χ4v) is 17.1. The van der Waals surface area contributed by atoms with Crippen LogP contribution in [0.15, 0.2) is 72.9 Å². The summed E-state index contributed by atoms with van der Waals surface area (Å²) in [7, 11) is 0. The van der Waals surface area contributed by atoms with E-state index in [9.17, 15) is 39.9 Å². The molecule has 0 amide bonds. The van der Waals surface area contributed by atoms with Gasteiger partial charge in [-0.1, -0.05) is 423 Å². The van der Waals surface area contributed by atoms with Gasteiger partial charge in [0.2, 0.25) is 0 Å². The van der Waals surface area contributed by atoms with Gasteiger partial charge in [-0.25, -0.2) is 0 Å². The summed E-state index contributed by atoms with van der Waals surface area (Å²) in [5.41, 5.74) is -0.541. The van der Waals surface area contributed by atoms with Crippen molar-refractivity contribution in [1.82, 2.24) is 14.7 Å². The molecule has 12 nitrogen and oxygen atoms in total. The maximum absolute atomic E-state index is 12.7. The first-order chi connectivity index (χ1) is 60.4. The molecule has 0 aliphatic carbocycles. The van der Waals surface area contributed by atoms with Gasteiger partial charge < -0.3 is 45.3 Å². The predicted octanol–water partition coefficient (Wildman–Crippen LogP) is 32.8. The quantitative estimate of drug-likeness (QED) is 0.0251. The van der Waals surface area contributed by atoms with Gasteiger partial charge in [0.15, 0.2) is 0 Å². The first-order valence-electron chi connectivity index (χ1n) is 54.0. The molecule has 0 fully saturated rings. The second-order valence-electron chi connectivity index (χ2n) is 37.0. The summed E-state index contributed by atoms with van der Waals surface area (Å²) in [4.78, 5) is 42.2. The van der Waals surface area contributed by atoms with E-state index in [0.717, 1.165) is 206 Å². The highest BCUT2D eigenvalue weighted by atomic mass is 16.4. The van der Waals surface area contributed by atoms with Crippen molar-refractivity contribution in [2.45, 2.75) is 530 Å². The molecule has 0 rings (SSSR count). The van der Waals surface area contributed by atoms with Crippen LogP contribution in [0, 0.1) is 11.3 Å². The maximum Gasteiger partial charge on any atom is 0.309 e. The summed E-state index contributed by atoms with van der Waals surface area (Å²) in [6, 6.07) is 0. The Morgan fingerprint density at radius 3 is 0.650 bits per heavy atom. The summed E-state index contributed by atoms with van der Waals surface area (Å²) in [5, 5.41) is 57.1. The molecular formula is C111H213N3O9. The largest absolute Gasteiger partial charge is 0.481 e. The molecule has 0 aromatic carbocycles. The third-order valence-electron chi connectivity index (χ3n) is 25.3. The number of carboxylic acids is 3. The molecule has 1 atom stereocenters. The van der Waals surface area contributed by atoms with E-state index in [0.29, 0.717) is 13.2 Å². The maximum atomic E-state index is 12.7. The second kappa shape index (κ2) is 107. The Kier molecular flexibility index (Phi) is 108. The molecule has 0 aromatic heterocycles. The highest BCUT2D eigenvalue weighted by Gasteiger charge is 2.36. The van der Waals surface area contributed by atoms with E-state index in [2.05, 4.69) is 129 Å². The van der Waals surface area contributed by atoms with E-state index < -0.39 is 23.3 Å². The second-order valence-corrected chi connectivity index (χ2v) is 37.0. The molecule has 0 spiro atoms. The number of hydrogen-bond donors (Lipinski definition) is 6. The van der Waals surface area contributed by atoms with Crippen molar-refractivity contribution in [3.8, 4) is 0 Å². The highest BCUT2D eigenvalue weighted by molar-refractivity contribution is 5.74. The number of aliphatic hydroxyl groups is 3. The molecule has 0 heterocycles. The van der Waals surface area contributed by atoms with Gasteiger partial charge in [0.25, 0.3) is 0 Å². The predicted molar refractivity (Wildman–Crippen MR) is 539 cm³/mol. The molecule has 726 valence electrons. The number of aliphatic hydroxyl groups excluding tert-OH is 3. The lowest BCUT2D eigenvalue weighted by molar-refractivity contribution is -0.151. The summed E-state index contributed by atoms with van der Waals surface area (Å²) in [5.74, 6) is -2.02. The number of carboxylic acid groups (broad SMARTS) is 3. The topological polar surface area (TPSA) is 182 Å². The molecule has 0 aliphatic heterocycles. The molecular weight excluding hydrogens is 1520 g/mol. The Balaban J connectivity index is -0.00000176. The Labute approximate surface area is 765 Å². The average Bonchev–Trinajstić information content (AvgIpc) is 0.846. The Hall–Kier alpha value is -3.39. The molecule has 1 unspecified atom stereocenters. The fourth-order valence-electron chi connectivity index (χ4n) is 17.1. The lowest BCUT2D eigenvalue weighted by Crippen LogP contribution is -2.31. The lowest BCUT2D eigenvalue weighted by atomic mass is 9.74. The van der Waals surface area contributed by atoms with Gasteiger partial charge in [-0.15, -0.1) is 0 Å². The van der Waals surface area contributed by atoms with Crippen molar-refractivity contribution in [3.63, 3.8) is 0 Å². The summed E-state index contributed by atoms with van der Waals surface area (Å²) in [6.45, 7) is 23.0. The number of hydrogen-bond acceptors (Lipinski definition) is 9. The van der Waals surface area contributed by atoms with Crippen molar-refractivity contribution in [2.75, 3.05) is 78.7 Å². The van der Waals surface area contributed by atoms with Gasteiger partial charge in [0.05, 0.1) is 31.2 Å². The molecule has 0 radical (unpaired) electrons.